The Hall–Kier alpha value is -0.610. The number of piperidine rings is 1. The van der Waals surface area contributed by atoms with Gasteiger partial charge in [0.2, 0.25) is 5.91 Å². The van der Waals surface area contributed by atoms with Gasteiger partial charge in [0, 0.05) is 6.54 Å². The van der Waals surface area contributed by atoms with Crippen molar-refractivity contribution in [3.05, 3.63) is 0 Å². The van der Waals surface area contributed by atoms with Gasteiger partial charge in [0.25, 0.3) is 0 Å². The van der Waals surface area contributed by atoms with E-state index in [0.29, 0.717) is 0 Å². The van der Waals surface area contributed by atoms with E-state index in [9.17, 15) is 4.79 Å². The van der Waals surface area contributed by atoms with E-state index in [2.05, 4.69) is 10.2 Å². The molecule has 4 heteroatoms. The largest absolute Gasteiger partial charge is 0.355 e. The fourth-order valence-corrected chi connectivity index (χ4v) is 2.43. The molecule has 4 nitrogen and oxygen atoms in total. The summed E-state index contributed by atoms with van der Waals surface area (Å²) in [7, 11) is 0. The molecule has 1 heterocycles. The van der Waals surface area contributed by atoms with Crippen molar-refractivity contribution in [3.8, 4) is 0 Å². The van der Waals surface area contributed by atoms with E-state index in [1.165, 1.54) is 58.2 Å². The molecule has 1 amide bonds. The van der Waals surface area contributed by atoms with Gasteiger partial charge in [0.1, 0.15) is 0 Å². The van der Waals surface area contributed by atoms with E-state index >= 15 is 0 Å². The maximum atomic E-state index is 11.5. The summed E-state index contributed by atoms with van der Waals surface area (Å²) in [6.45, 7) is 8.07. The van der Waals surface area contributed by atoms with Crippen molar-refractivity contribution in [2.75, 3.05) is 26.2 Å². The second-order valence-electron chi connectivity index (χ2n) is 6.29. The molecule has 3 N–H and O–H groups in total. The molecule has 1 fully saturated rings. The molecular formula is C15H31N3O. The first kappa shape index (κ1) is 16.4. The van der Waals surface area contributed by atoms with E-state index in [4.69, 9.17) is 5.73 Å². The summed E-state index contributed by atoms with van der Waals surface area (Å²) in [5, 5.41) is 2.89. The van der Waals surface area contributed by atoms with Gasteiger partial charge in [-0.1, -0.05) is 19.3 Å². The SMILES string of the molecule is CC(C)(N)C(=O)NCCCCCCN1CCCCC1. The average Bonchev–Trinajstić information content (AvgIpc) is 2.37. The van der Waals surface area contributed by atoms with E-state index in [0.717, 1.165) is 13.0 Å². The molecule has 112 valence electrons. The minimum absolute atomic E-state index is 0.0548. The molecule has 1 aliphatic heterocycles. The number of amides is 1. The van der Waals surface area contributed by atoms with E-state index in [1.54, 1.807) is 13.8 Å². The molecule has 1 aliphatic rings. The molecule has 0 aliphatic carbocycles. The van der Waals surface area contributed by atoms with Crippen LogP contribution in [0.5, 0.6) is 0 Å². The standard InChI is InChI=1S/C15H31N3O/c1-15(2,16)14(19)17-10-6-3-4-7-11-18-12-8-5-9-13-18/h3-13,16H2,1-2H3,(H,17,19). The predicted molar refractivity (Wildman–Crippen MR) is 80.0 cm³/mol. The van der Waals surface area contributed by atoms with E-state index in [-0.39, 0.29) is 5.91 Å². The molecule has 0 aromatic heterocycles. The summed E-state index contributed by atoms with van der Waals surface area (Å²) in [5.41, 5.74) is 4.95. The van der Waals surface area contributed by atoms with Crippen molar-refractivity contribution in [1.82, 2.24) is 10.2 Å². The van der Waals surface area contributed by atoms with Crippen LogP contribution in [0.3, 0.4) is 0 Å². The first-order valence-corrected chi connectivity index (χ1v) is 7.80. The fourth-order valence-electron chi connectivity index (χ4n) is 2.43. The van der Waals surface area contributed by atoms with Gasteiger partial charge < -0.3 is 16.0 Å². The van der Waals surface area contributed by atoms with Crippen LogP contribution in [0.4, 0.5) is 0 Å². The van der Waals surface area contributed by atoms with Crippen LogP contribution in [0.2, 0.25) is 0 Å². The lowest BCUT2D eigenvalue weighted by molar-refractivity contribution is -0.125. The van der Waals surface area contributed by atoms with Crippen molar-refractivity contribution in [2.24, 2.45) is 5.73 Å². The van der Waals surface area contributed by atoms with Crippen molar-refractivity contribution < 1.29 is 4.79 Å². The van der Waals surface area contributed by atoms with Crippen LogP contribution in [0, 0.1) is 0 Å². The number of likely N-dealkylation sites (tertiary alicyclic amines) is 1. The number of carbonyl (C=O) groups is 1. The van der Waals surface area contributed by atoms with Crippen molar-refractivity contribution in [3.63, 3.8) is 0 Å². The van der Waals surface area contributed by atoms with Crippen molar-refractivity contribution in [1.29, 1.82) is 0 Å². The summed E-state index contributed by atoms with van der Waals surface area (Å²) in [4.78, 5) is 14.1. The van der Waals surface area contributed by atoms with Gasteiger partial charge in [-0.2, -0.15) is 0 Å². The molecule has 19 heavy (non-hydrogen) atoms. The Balaban J connectivity index is 1.90. The quantitative estimate of drug-likeness (QED) is 0.662. The maximum Gasteiger partial charge on any atom is 0.239 e. The van der Waals surface area contributed by atoms with Gasteiger partial charge in [0.15, 0.2) is 0 Å². The molecule has 1 rings (SSSR count). The predicted octanol–water partition coefficient (Wildman–Crippen LogP) is 1.89. The molecule has 0 saturated carbocycles. The molecule has 0 spiro atoms. The summed E-state index contributed by atoms with van der Waals surface area (Å²) >= 11 is 0. The number of rotatable bonds is 8. The fraction of sp³-hybridized carbons (Fsp3) is 0.933. The second-order valence-corrected chi connectivity index (χ2v) is 6.29. The zero-order valence-electron chi connectivity index (χ0n) is 12.7. The number of nitrogens with two attached hydrogens (primary N) is 1. The number of nitrogens with one attached hydrogen (secondary N) is 1. The zero-order valence-corrected chi connectivity index (χ0v) is 12.7. The highest BCUT2D eigenvalue weighted by Crippen LogP contribution is 2.10. The highest BCUT2D eigenvalue weighted by molar-refractivity contribution is 5.84. The lowest BCUT2D eigenvalue weighted by Crippen LogP contribution is -2.49. The van der Waals surface area contributed by atoms with Crippen LogP contribution in [-0.4, -0.2) is 42.5 Å². The molecule has 0 bridgehead atoms. The topological polar surface area (TPSA) is 58.4 Å². The third-order valence-electron chi connectivity index (χ3n) is 3.72. The van der Waals surface area contributed by atoms with Gasteiger partial charge in [-0.05, 0) is 59.2 Å². The van der Waals surface area contributed by atoms with Crippen molar-refractivity contribution >= 4 is 5.91 Å². The minimum Gasteiger partial charge on any atom is -0.355 e. The highest BCUT2D eigenvalue weighted by Gasteiger charge is 2.20. The average molecular weight is 269 g/mol. The number of carbonyl (C=O) groups excluding carboxylic acids is 1. The first-order chi connectivity index (χ1) is 9.00. The third kappa shape index (κ3) is 7.53. The van der Waals surface area contributed by atoms with Gasteiger partial charge in [-0.3, -0.25) is 4.79 Å². The maximum absolute atomic E-state index is 11.5. The summed E-state index contributed by atoms with van der Waals surface area (Å²) in [6.07, 6.45) is 8.96. The molecule has 0 unspecified atom stereocenters. The molecular weight excluding hydrogens is 238 g/mol. The van der Waals surface area contributed by atoms with Crippen LogP contribution in [0.25, 0.3) is 0 Å². The van der Waals surface area contributed by atoms with Crippen LogP contribution in [0.15, 0.2) is 0 Å². The molecule has 1 saturated heterocycles. The van der Waals surface area contributed by atoms with Gasteiger partial charge in [-0.15, -0.1) is 0 Å². The number of nitrogens with zero attached hydrogens (tertiary/aromatic N) is 1. The normalized spacial score (nSPS) is 17.4. The number of hydrogen-bond donors (Lipinski definition) is 2. The summed E-state index contributed by atoms with van der Waals surface area (Å²) in [5.74, 6) is -0.0548. The summed E-state index contributed by atoms with van der Waals surface area (Å²) in [6, 6.07) is 0. The Morgan fingerprint density at radius 1 is 1.11 bits per heavy atom. The third-order valence-corrected chi connectivity index (χ3v) is 3.72. The molecule has 0 radical (unpaired) electrons. The van der Waals surface area contributed by atoms with Gasteiger partial charge >= 0.3 is 0 Å². The van der Waals surface area contributed by atoms with Crippen LogP contribution in [0.1, 0.15) is 58.8 Å². The smallest absolute Gasteiger partial charge is 0.239 e. The second kappa shape index (κ2) is 8.54. The molecule has 0 aromatic carbocycles. The van der Waals surface area contributed by atoms with Gasteiger partial charge in [0.05, 0.1) is 5.54 Å². The van der Waals surface area contributed by atoms with Crippen LogP contribution in [-0.2, 0) is 4.79 Å². The number of unbranched alkanes of at least 4 members (excludes halogenated alkanes) is 3. The Bertz CT molecular complexity index is 255. The number of hydrogen-bond acceptors (Lipinski definition) is 3. The van der Waals surface area contributed by atoms with Crippen molar-refractivity contribution in [2.45, 2.75) is 64.3 Å². The molecule has 0 aromatic rings. The lowest BCUT2D eigenvalue weighted by Gasteiger charge is -2.26. The Labute approximate surface area is 118 Å². The highest BCUT2D eigenvalue weighted by atomic mass is 16.2. The lowest BCUT2D eigenvalue weighted by atomic mass is 10.1. The van der Waals surface area contributed by atoms with E-state index in [1.807, 2.05) is 0 Å². The first-order valence-electron chi connectivity index (χ1n) is 7.80. The van der Waals surface area contributed by atoms with Crippen LogP contribution >= 0.6 is 0 Å². The molecule has 0 atom stereocenters. The van der Waals surface area contributed by atoms with E-state index < -0.39 is 5.54 Å². The Morgan fingerprint density at radius 3 is 2.37 bits per heavy atom. The monoisotopic (exact) mass is 269 g/mol. The Kier molecular flexibility index (Phi) is 7.39. The zero-order chi connectivity index (χ0) is 14.1. The van der Waals surface area contributed by atoms with Crippen LogP contribution < -0.4 is 11.1 Å². The summed E-state index contributed by atoms with van der Waals surface area (Å²) < 4.78 is 0. The Morgan fingerprint density at radius 2 is 1.74 bits per heavy atom. The van der Waals surface area contributed by atoms with Gasteiger partial charge in [-0.25, -0.2) is 0 Å². The minimum atomic E-state index is -0.756.